The van der Waals surface area contributed by atoms with Crippen LogP contribution < -0.4 is 16.0 Å². The molecular weight excluding hydrogens is 220 g/mol. The van der Waals surface area contributed by atoms with Gasteiger partial charge in [0.1, 0.15) is 12.4 Å². The van der Waals surface area contributed by atoms with Gasteiger partial charge >= 0.3 is 0 Å². The Bertz CT molecular complexity index is 409. The van der Waals surface area contributed by atoms with E-state index in [1.54, 1.807) is 5.48 Å². The Hall–Kier alpha value is -2.08. The van der Waals surface area contributed by atoms with Crippen LogP contribution in [-0.4, -0.2) is 24.0 Å². The molecule has 0 fully saturated rings. The fourth-order valence-electron chi connectivity index (χ4n) is 1.31. The van der Waals surface area contributed by atoms with Crippen molar-refractivity contribution in [3.05, 3.63) is 29.3 Å². The van der Waals surface area contributed by atoms with Gasteiger partial charge in [0, 0.05) is 0 Å². The number of hydroxylamine groups is 1. The van der Waals surface area contributed by atoms with Gasteiger partial charge in [-0.15, -0.1) is 5.10 Å². The Morgan fingerprint density at radius 2 is 2.12 bits per heavy atom. The number of nitrogens with zero attached hydrogens (tertiary/aromatic N) is 2. The SMILES string of the molecule is Cc1cccc(C)c1OC/C=N/N=C(\N)NO. The molecule has 0 atom stereocenters. The molecule has 0 spiro atoms. The molecular formula is C11H16N4O2. The van der Waals surface area contributed by atoms with Gasteiger partial charge in [-0.05, 0) is 25.0 Å². The van der Waals surface area contributed by atoms with Gasteiger partial charge in [-0.2, -0.15) is 5.10 Å². The first-order chi connectivity index (χ1) is 8.15. The molecule has 0 aliphatic carbocycles. The minimum Gasteiger partial charge on any atom is -0.487 e. The second-order valence-electron chi connectivity index (χ2n) is 3.43. The first kappa shape index (κ1) is 13.0. The van der Waals surface area contributed by atoms with Crippen molar-refractivity contribution in [2.75, 3.05) is 6.61 Å². The van der Waals surface area contributed by atoms with E-state index in [1.165, 1.54) is 6.21 Å². The lowest BCUT2D eigenvalue weighted by molar-refractivity contribution is 0.232. The molecule has 0 radical (unpaired) electrons. The van der Waals surface area contributed by atoms with E-state index in [-0.39, 0.29) is 12.6 Å². The summed E-state index contributed by atoms with van der Waals surface area (Å²) in [5.74, 6) is 0.671. The summed E-state index contributed by atoms with van der Waals surface area (Å²) in [6, 6.07) is 5.93. The maximum Gasteiger partial charge on any atom is 0.237 e. The van der Waals surface area contributed by atoms with E-state index in [4.69, 9.17) is 15.7 Å². The van der Waals surface area contributed by atoms with Gasteiger partial charge in [-0.1, -0.05) is 18.2 Å². The third-order valence-electron chi connectivity index (χ3n) is 2.07. The largest absolute Gasteiger partial charge is 0.487 e. The Balaban J connectivity index is 2.52. The van der Waals surface area contributed by atoms with Crippen LogP contribution in [0.4, 0.5) is 0 Å². The minimum absolute atomic E-state index is 0.173. The topological polar surface area (TPSA) is 92.2 Å². The van der Waals surface area contributed by atoms with Gasteiger partial charge in [0.05, 0.1) is 6.21 Å². The quantitative estimate of drug-likeness (QED) is 0.412. The van der Waals surface area contributed by atoms with Crippen molar-refractivity contribution in [1.29, 1.82) is 0 Å². The highest BCUT2D eigenvalue weighted by Crippen LogP contribution is 2.21. The van der Waals surface area contributed by atoms with Gasteiger partial charge in [-0.3, -0.25) is 5.21 Å². The van der Waals surface area contributed by atoms with Crippen molar-refractivity contribution in [3.63, 3.8) is 0 Å². The van der Waals surface area contributed by atoms with E-state index < -0.39 is 0 Å². The molecule has 92 valence electrons. The Morgan fingerprint density at radius 1 is 1.47 bits per heavy atom. The van der Waals surface area contributed by atoms with Gasteiger partial charge < -0.3 is 10.5 Å². The molecule has 0 aliphatic rings. The highest BCUT2D eigenvalue weighted by Gasteiger charge is 2.01. The Labute approximate surface area is 99.8 Å². The second kappa shape index (κ2) is 6.49. The standard InChI is InChI=1S/C11H16N4O2/c1-8-4-3-5-9(2)10(8)17-7-6-13-14-11(12)15-16/h3-6,16H,7H2,1-2H3,(H3,12,14,15)/b13-6+. The van der Waals surface area contributed by atoms with Crippen molar-refractivity contribution >= 4 is 12.2 Å². The summed E-state index contributed by atoms with van der Waals surface area (Å²) < 4.78 is 5.54. The number of nitrogens with one attached hydrogen (secondary N) is 1. The van der Waals surface area contributed by atoms with Crippen LogP contribution in [0.1, 0.15) is 11.1 Å². The maximum atomic E-state index is 8.33. The van der Waals surface area contributed by atoms with Crippen molar-refractivity contribution < 1.29 is 9.94 Å². The van der Waals surface area contributed by atoms with Gasteiger partial charge in [-0.25, -0.2) is 5.48 Å². The van der Waals surface area contributed by atoms with Gasteiger partial charge in [0.15, 0.2) is 0 Å². The molecule has 17 heavy (non-hydrogen) atoms. The molecule has 6 nitrogen and oxygen atoms in total. The van der Waals surface area contributed by atoms with E-state index in [0.29, 0.717) is 0 Å². The third-order valence-corrected chi connectivity index (χ3v) is 2.07. The average Bonchev–Trinajstić information content (AvgIpc) is 2.31. The van der Waals surface area contributed by atoms with Crippen molar-refractivity contribution in [3.8, 4) is 5.75 Å². The lowest BCUT2D eigenvalue weighted by Gasteiger charge is -2.09. The Morgan fingerprint density at radius 3 is 2.71 bits per heavy atom. The molecule has 1 aromatic rings. The van der Waals surface area contributed by atoms with Crippen molar-refractivity contribution in [2.24, 2.45) is 15.9 Å². The molecule has 0 aromatic heterocycles. The summed E-state index contributed by atoms with van der Waals surface area (Å²) in [7, 11) is 0. The highest BCUT2D eigenvalue weighted by atomic mass is 16.5. The van der Waals surface area contributed by atoms with Crippen LogP contribution >= 0.6 is 0 Å². The molecule has 0 heterocycles. The molecule has 0 unspecified atom stereocenters. The number of para-hydroxylation sites is 1. The summed E-state index contributed by atoms with van der Waals surface area (Å²) in [5, 5.41) is 15.4. The molecule has 0 saturated carbocycles. The molecule has 0 bridgehead atoms. The zero-order chi connectivity index (χ0) is 12.7. The van der Waals surface area contributed by atoms with Crippen LogP contribution in [0.25, 0.3) is 0 Å². The number of aryl methyl sites for hydroxylation is 2. The third kappa shape index (κ3) is 4.12. The highest BCUT2D eigenvalue weighted by molar-refractivity contribution is 5.77. The van der Waals surface area contributed by atoms with E-state index in [0.717, 1.165) is 16.9 Å². The summed E-state index contributed by atoms with van der Waals surface area (Å²) in [4.78, 5) is 0. The zero-order valence-electron chi connectivity index (χ0n) is 9.84. The fourth-order valence-corrected chi connectivity index (χ4v) is 1.31. The summed E-state index contributed by atoms with van der Waals surface area (Å²) >= 11 is 0. The first-order valence-corrected chi connectivity index (χ1v) is 5.09. The average molecular weight is 236 g/mol. The molecule has 6 heteroatoms. The van der Waals surface area contributed by atoms with Crippen LogP contribution in [0, 0.1) is 13.8 Å². The predicted molar refractivity (Wildman–Crippen MR) is 66.4 cm³/mol. The summed E-state index contributed by atoms with van der Waals surface area (Å²) in [5.41, 5.74) is 8.95. The summed E-state index contributed by atoms with van der Waals surface area (Å²) in [6.45, 7) is 4.24. The van der Waals surface area contributed by atoms with Crippen LogP contribution in [0.15, 0.2) is 28.4 Å². The normalized spacial score (nSPS) is 11.8. The van der Waals surface area contributed by atoms with Crippen LogP contribution in [0.2, 0.25) is 0 Å². The first-order valence-electron chi connectivity index (χ1n) is 5.09. The lowest BCUT2D eigenvalue weighted by atomic mass is 10.1. The van der Waals surface area contributed by atoms with Gasteiger partial charge in [0.25, 0.3) is 0 Å². The van der Waals surface area contributed by atoms with E-state index >= 15 is 0 Å². The number of hydrogen-bond acceptors (Lipinski definition) is 4. The summed E-state index contributed by atoms with van der Waals surface area (Å²) in [6.07, 6.45) is 1.45. The Kier molecular flexibility index (Phi) is 4.96. The number of hydrogen-bond donors (Lipinski definition) is 3. The lowest BCUT2D eigenvalue weighted by Crippen LogP contribution is -2.27. The number of nitrogens with two attached hydrogens (primary N) is 1. The number of ether oxygens (including phenoxy) is 1. The van der Waals surface area contributed by atoms with E-state index in [2.05, 4.69) is 10.2 Å². The smallest absolute Gasteiger partial charge is 0.237 e. The van der Waals surface area contributed by atoms with Crippen molar-refractivity contribution in [1.82, 2.24) is 5.48 Å². The van der Waals surface area contributed by atoms with E-state index in [1.807, 2.05) is 32.0 Å². The number of rotatable bonds is 4. The minimum atomic E-state index is -0.173. The van der Waals surface area contributed by atoms with E-state index in [9.17, 15) is 0 Å². The molecule has 0 saturated heterocycles. The number of benzene rings is 1. The fraction of sp³-hybridized carbons (Fsp3) is 0.273. The predicted octanol–water partition coefficient (Wildman–Crippen LogP) is 0.962. The van der Waals surface area contributed by atoms with Crippen LogP contribution in [-0.2, 0) is 0 Å². The second-order valence-corrected chi connectivity index (χ2v) is 3.43. The van der Waals surface area contributed by atoms with Gasteiger partial charge in [0.2, 0.25) is 5.96 Å². The molecule has 0 aliphatic heterocycles. The van der Waals surface area contributed by atoms with Crippen LogP contribution in [0.3, 0.4) is 0 Å². The van der Waals surface area contributed by atoms with Crippen molar-refractivity contribution in [2.45, 2.75) is 13.8 Å². The van der Waals surface area contributed by atoms with Crippen LogP contribution in [0.5, 0.6) is 5.75 Å². The monoisotopic (exact) mass is 236 g/mol. The maximum absolute atomic E-state index is 8.33. The molecule has 4 N–H and O–H groups in total. The molecule has 1 rings (SSSR count). The zero-order valence-corrected chi connectivity index (χ0v) is 9.84. The number of guanidine groups is 1. The molecule has 1 aromatic carbocycles. The molecule has 0 amide bonds.